The molecule has 28 heavy (non-hydrogen) atoms. The molecule has 2 aromatic carbocycles. The number of hydrogen-bond donors (Lipinski definition) is 1. The van der Waals surface area contributed by atoms with Crippen molar-refractivity contribution in [2.24, 2.45) is 0 Å². The van der Waals surface area contributed by atoms with Crippen molar-refractivity contribution in [2.75, 3.05) is 19.0 Å². The molecule has 0 aliphatic carbocycles. The number of rotatable bonds is 6. The molecule has 7 heteroatoms. The molecule has 0 saturated carbocycles. The van der Waals surface area contributed by atoms with Crippen LogP contribution in [0.4, 0.5) is 5.69 Å². The number of nitrogens with one attached hydrogen (secondary N) is 1. The number of para-hydroxylation sites is 2. The zero-order valence-electron chi connectivity index (χ0n) is 15.1. The summed E-state index contributed by atoms with van der Waals surface area (Å²) in [4.78, 5) is 20.7. The van der Waals surface area contributed by atoms with E-state index < -0.39 is 0 Å². The van der Waals surface area contributed by atoms with Crippen molar-refractivity contribution in [3.8, 4) is 23.0 Å². The predicted octanol–water partition coefficient (Wildman–Crippen LogP) is 3.92. The molecule has 0 aliphatic heterocycles. The maximum absolute atomic E-state index is 12.2. The van der Waals surface area contributed by atoms with Gasteiger partial charge in [-0.15, -0.1) is 0 Å². The van der Waals surface area contributed by atoms with Crippen LogP contribution >= 0.6 is 0 Å². The van der Waals surface area contributed by atoms with Crippen LogP contribution in [-0.2, 0) is 4.79 Å². The van der Waals surface area contributed by atoms with Crippen LogP contribution < -0.4 is 14.8 Å². The first kappa shape index (κ1) is 17.5. The molecule has 7 nitrogen and oxygen atoms in total. The Bertz CT molecular complexity index is 1110. The van der Waals surface area contributed by atoms with Gasteiger partial charge in [-0.05, 0) is 36.4 Å². The van der Waals surface area contributed by atoms with Gasteiger partial charge in [0.2, 0.25) is 5.89 Å². The van der Waals surface area contributed by atoms with Crippen molar-refractivity contribution in [1.82, 2.24) is 9.97 Å². The van der Waals surface area contributed by atoms with Crippen molar-refractivity contribution in [3.63, 3.8) is 0 Å². The van der Waals surface area contributed by atoms with Crippen molar-refractivity contribution in [3.05, 3.63) is 67.0 Å². The molecule has 0 spiro atoms. The van der Waals surface area contributed by atoms with Gasteiger partial charge in [-0.25, -0.2) is 4.98 Å². The standard InChI is InChI=1S/C21H17N3O4/c1-26-17-4-2-3-5-18(17)27-13-20(25)23-15-6-7-16-19(12-15)28-21(24-16)14-8-10-22-11-9-14/h2-12H,13H2,1H3,(H,23,25). The monoisotopic (exact) mass is 375 g/mol. The number of pyridine rings is 1. The number of carbonyl (C=O) groups is 1. The maximum Gasteiger partial charge on any atom is 0.262 e. The van der Waals surface area contributed by atoms with Gasteiger partial charge < -0.3 is 19.2 Å². The van der Waals surface area contributed by atoms with Gasteiger partial charge in [-0.2, -0.15) is 0 Å². The number of fused-ring (bicyclic) bond motifs is 1. The zero-order chi connectivity index (χ0) is 19.3. The Morgan fingerprint density at radius 3 is 2.64 bits per heavy atom. The molecule has 4 aromatic rings. The number of benzene rings is 2. The van der Waals surface area contributed by atoms with Crippen molar-refractivity contribution < 1.29 is 18.7 Å². The van der Waals surface area contributed by atoms with Crippen LogP contribution in [-0.4, -0.2) is 29.6 Å². The summed E-state index contributed by atoms with van der Waals surface area (Å²) in [5.74, 6) is 1.29. The van der Waals surface area contributed by atoms with Gasteiger partial charge in [0.05, 0.1) is 7.11 Å². The van der Waals surface area contributed by atoms with Crippen molar-refractivity contribution in [1.29, 1.82) is 0 Å². The molecule has 0 unspecified atom stereocenters. The molecule has 0 atom stereocenters. The van der Waals surface area contributed by atoms with Crippen LogP contribution in [0.25, 0.3) is 22.6 Å². The van der Waals surface area contributed by atoms with Gasteiger partial charge in [0.25, 0.3) is 5.91 Å². The minimum Gasteiger partial charge on any atom is -0.493 e. The van der Waals surface area contributed by atoms with Crippen LogP contribution in [0.15, 0.2) is 71.4 Å². The summed E-state index contributed by atoms with van der Waals surface area (Å²) in [6.07, 6.45) is 3.36. The van der Waals surface area contributed by atoms with Crippen molar-refractivity contribution in [2.45, 2.75) is 0 Å². The second-order valence-corrected chi connectivity index (χ2v) is 5.93. The molecule has 0 bridgehead atoms. The van der Waals surface area contributed by atoms with Gasteiger partial charge in [0, 0.05) is 29.7 Å². The Hall–Kier alpha value is -3.87. The quantitative estimate of drug-likeness (QED) is 0.550. The lowest BCUT2D eigenvalue weighted by Crippen LogP contribution is -2.20. The molecule has 1 amide bonds. The first-order chi connectivity index (χ1) is 13.7. The first-order valence-electron chi connectivity index (χ1n) is 8.59. The lowest BCUT2D eigenvalue weighted by Gasteiger charge is -2.10. The van der Waals surface area contributed by atoms with E-state index in [1.807, 2.05) is 24.3 Å². The predicted molar refractivity (Wildman–Crippen MR) is 104 cm³/mol. The topological polar surface area (TPSA) is 86.5 Å². The second-order valence-electron chi connectivity index (χ2n) is 5.93. The molecule has 2 heterocycles. The minimum atomic E-state index is -0.292. The number of ether oxygens (including phenoxy) is 2. The highest BCUT2D eigenvalue weighted by molar-refractivity contribution is 5.94. The highest BCUT2D eigenvalue weighted by Gasteiger charge is 2.11. The Morgan fingerprint density at radius 2 is 1.86 bits per heavy atom. The molecule has 140 valence electrons. The summed E-state index contributed by atoms with van der Waals surface area (Å²) in [6.45, 7) is -0.142. The van der Waals surface area contributed by atoms with E-state index in [1.54, 1.807) is 49.8 Å². The number of amides is 1. The third kappa shape index (κ3) is 3.78. The van der Waals surface area contributed by atoms with E-state index in [9.17, 15) is 4.79 Å². The number of oxazole rings is 1. The SMILES string of the molecule is COc1ccccc1OCC(=O)Nc1ccc2nc(-c3ccncc3)oc2c1. The van der Waals surface area contributed by atoms with Crippen LogP contribution in [0.1, 0.15) is 0 Å². The average molecular weight is 375 g/mol. The van der Waals surface area contributed by atoms with Gasteiger partial charge in [-0.3, -0.25) is 9.78 Å². The number of anilines is 1. The largest absolute Gasteiger partial charge is 0.493 e. The Morgan fingerprint density at radius 1 is 1.07 bits per heavy atom. The average Bonchev–Trinajstić information content (AvgIpc) is 3.16. The second kappa shape index (κ2) is 7.79. The number of hydrogen-bond acceptors (Lipinski definition) is 6. The van der Waals surface area contributed by atoms with Gasteiger partial charge in [0.1, 0.15) is 5.52 Å². The van der Waals surface area contributed by atoms with E-state index in [0.717, 1.165) is 5.56 Å². The molecule has 0 fully saturated rings. The smallest absolute Gasteiger partial charge is 0.262 e. The molecular weight excluding hydrogens is 358 g/mol. The van der Waals surface area contributed by atoms with Gasteiger partial charge >= 0.3 is 0 Å². The van der Waals surface area contributed by atoms with E-state index in [-0.39, 0.29) is 12.5 Å². The number of nitrogens with zero attached hydrogens (tertiary/aromatic N) is 2. The van der Waals surface area contributed by atoms with E-state index in [0.29, 0.717) is 34.2 Å². The van der Waals surface area contributed by atoms with E-state index in [2.05, 4.69) is 15.3 Å². The molecular formula is C21H17N3O4. The summed E-state index contributed by atoms with van der Waals surface area (Å²) >= 11 is 0. The fourth-order valence-electron chi connectivity index (χ4n) is 2.70. The molecule has 4 rings (SSSR count). The van der Waals surface area contributed by atoms with Gasteiger partial charge in [-0.1, -0.05) is 12.1 Å². The minimum absolute atomic E-state index is 0.142. The summed E-state index contributed by atoms with van der Waals surface area (Å²) in [7, 11) is 1.55. The van der Waals surface area contributed by atoms with Crippen LogP contribution in [0, 0.1) is 0 Å². The fourth-order valence-corrected chi connectivity index (χ4v) is 2.70. The summed E-state index contributed by atoms with van der Waals surface area (Å²) < 4.78 is 16.5. The third-order valence-electron chi connectivity index (χ3n) is 4.03. The zero-order valence-corrected chi connectivity index (χ0v) is 15.1. The lowest BCUT2D eigenvalue weighted by atomic mass is 10.3. The Labute approximate surface area is 160 Å². The maximum atomic E-state index is 12.2. The van der Waals surface area contributed by atoms with Crippen LogP contribution in [0.2, 0.25) is 0 Å². The molecule has 0 saturated heterocycles. The molecule has 1 N–H and O–H groups in total. The Balaban J connectivity index is 1.45. The van der Waals surface area contributed by atoms with E-state index in [1.165, 1.54) is 0 Å². The van der Waals surface area contributed by atoms with Gasteiger partial charge in [0.15, 0.2) is 23.7 Å². The normalized spacial score (nSPS) is 10.6. The molecule has 0 radical (unpaired) electrons. The summed E-state index contributed by atoms with van der Waals surface area (Å²) in [5.41, 5.74) is 2.71. The van der Waals surface area contributed by atoms with Crippen molar-refractivity contribution >= 4 is 22.7 Å². The highest BCUT2D eigenvalue weighted by Crippen LogP contribution is 2.27. The lowest BCUT2D eigenvalue weighted by molar-refractivity contribution is -0.118. The van der Waals surface area contributed by atoms with Crippen LogP contribution in [0.5, 0.6) is 11.5 Å². The summed E-state index contributed by atoms with van der Waals surface area (Å²) in [6, 6.07) is 16.1. The number of methoxy groups -OCH3 is 1. The Kier molecular flexibility index (Phi) is 4.88. The summed E-state index contributed by atoms with van der Waals surface area (Å²) in [5, 5.41) is 2.79. The fraction of sp³-hybridized carbons (Fsp3) is 0.0952. The third-order valence-corrected chi connectivity index (χ3v) is 4.03. The highest BCUT2D eigenvalue weighted by atomic mass is 16.5. The number of aromatic nitrogens is 2. The molecule has 0 aliphatic rings. The molecule has 2 aromatic heterocycles. The number of carbonyl (C=O) groups excluding carboxylic acids is 1. The first-order valence-corrected chi connectivity index (χ1v) is 8.59. The van der Waals surface area contributed by atoms with E-state index >= 15 is 0 Å². The van der Waals surface area contributed by atoms with E-state index in [4.69, 9.17) is 13.9 Å². The van der Waals surface area contributed by atoms with Crippen LogP contribution in [0.3, 0.4) is 0 Å².